The zero-order chi connectivity index (χ0) is 14.0. The SMILES string of the molecule is N#Cc1ccc(S(=O)(=O)Nc2ccc(Br)cc2Cl)s1. The molecular weight excluding hydrogens is 372 g/mol. The second kappa shape index (κ2) is 5.51. The molecule has 0 spiro atoms. The van der Waals surface area contributed by atoms with Crippen LogP contribution < -0.4 is 4.72 Å². The summed E-state index contributed by atoms with van der Waals surface area (Å²) in [6, 6.07) is 9.57. The number of thiophene rings is 1. The number of anilines is 1. The summed E-state index contributed by atoms with van der Waals surface area (Å²) in [5.41, 5.74) is 0.289. The Labute approximate surface area is 127 Å². The number of nitrogens with one attached hydrogen (secondary N) is 1. The quantitative estimate of drug-likeness (QED) is 0.883. The molecule has 2 rings (SSSR count). The first-order chi connectivity index (χ1) is 8.92. The molecule has 0 radical (unpaired) electrons. The van der Waals surface area contributed by atoms with E-state index in [1.54, 1.807) is 18.2 Å². The summed E-state index contributed by atoms with van der Waals surface area (Å²) in [5.74, 6) is 0. The van der Waals surface area contributed by atoms with Crippen molar-refractivity contribution in [2.45, 2.75) is 4.21 Å². The Balaban J connectivity index is 2.34. The highest BCUT2D eigenvalue weighted by Crippen LogP contribution is 2.29. The second-order valence-corrected chi connectivity index (χ2v) is 7.78. The van der Waals surface area contributed by atoms with Gasteiger partial charge in [0.1, 0.15) is 15.2 Å². The smallest absolute Gasteiger partial charge is 0.271 e. The van der Waals surface area contributed by atoms with Crippen molar-refractivity contribution < 1.29 is 8.42 Å². The van der Waals surface area contributed by atoms with Crippen molar-refractivity contribution in [2.24, 2.45) is 0 Å². The van der Waals surface area contributed by atoms with Crippen LogP contribution in [0.4, 0.5) is 5.69 Å². The predicted octanol–water partition coefficient (Wildman–Crippen LogP) is 3.84. The fraction of sp³-hybridized carbons (Fsp3) is 0. The van der Waals surface area contributed by atoms with Gasteiger partial charge in [-0.05, 0) is 30.3 Å². The Hall–Kier alpha value is -1.07. The van der Waals surface area contributed by atoms with Crippen molar-refractivity contribution in [2.75, 3.05) is 4.72 Å². The third-order valence-corrected chi connectivity index (χ3v) is 5.79. The minimum Gasteiger partial charge on any atom is -0.277 e. The van der Waals surface area contributed by atoms with Crippen LogP contribution in [0.1, 0.15) is 4.88 Å². The summed E-state index contributed by atoms with van der Waals surface area (Å²) in [4.78, 5) is 0.335. The van der Waals surface area contributed by atoms with Crippen LogP contribution in [0.3, 0.4) is 0 Å². The monoisotopic (exact) mass is 376 g/mol. The van der Waals surface area contributed by atoms with E-state index in [9.17, 15) is 8.42 Å². The normalized spacial score (nSPS) is 11.0. The van der Waals surface area contributed by atoms with Gasteiger partial charge in [-0.15, -0.1) is 11.3 Å². The maximum atomic E-state index is 12.1. The number of sulfonamides is 1. The van der Waals surface area contributed by atoms with Gasteiger partial charge in [-0.25, -0.2) is 8.42 Å². The fourth-order valence-electron chi connectivity index (χ4n) is 1.29. The van der Waals surface area contributed by atoms with E-state index in [0.717, 1.165) is 15.8 Å². The first-order valence-electron chi connectivity index (χ1n) is 4.90. The van der Waals surface area contributed by atoms with Gasteiger partial charge in [-0.2, -0.15) is 5.26 Å². The molecule has 0 fully saturated rings. The molecule has 1 aromatic heterocycles. The zero-order valence-electron chi connectivity index (χ0n) is 9.22. The lowest BCUT2D eigenvalue weighted by Crippen LogP contribution is -2.11. The van der Waals surface area contributed by atoms with E-state index < -0.39 is 10.0 Å². The summed E-state index contributed by atoms with van der Waals surface area (Å²) >= 11 is 10.1. The lowest BCUT2D eigenvalue weighted by Gasteiger charge is -2.08. The molecule has 1 aromatic carbocycles. The molecule has 0 aliphatic heterocycles. The summed E-state index contributed by atoms with van der Waals surface area (Å²) < 4.78 is 27.4. The van der Waals surface area contributed by atoms with Gasteiger partial charge < -0.3 is 0 Å². The Bertz CT molecular complexity index is 765. The molecular formula is C11H6BrClN2O2S2. The Morgan fingerprint density at radius 3 is 2.63 bits per heavy atom. The molecule has 19 heavy (non-hydrogen) atoms. The van der Waals surface area contributed by atoms with E-state index in [1.807, 2.05) is 6.07 Å². The van der Waals surface area contributed by atoms with Crippen molar-refractivity contribution in [3.63, 3.8) is 0 Å². The number of nitrogens with zero attached hydrogens (tertiary/aromatic N) is 1. The van der Waals surface area contributed by atoms with Gasteiger partial charge in [0, 0.05) is 4.47 Å². The van der Waals surface area contributed by atoms with Crippen molar-refractivity contribution in [3.05, 3.63) is 44.7 Å². The summed E-state index contributed by atoms with van der Waals surface area (Å²) in [7, 11) is -3.72. The maximum absolute atomic E-state index is 12.1. The highest BCUT2D eigenvalue weighted by atomic mass is 79.9. The van der Waals surface area contributed by atoms with Crippen molar-refractivity contribution in [1.29, 1.82) is 5.26 Å². The van der Waals surface area contributed by atoms with Gasteiger partial charge in [-0.1, -0.05) is 27.5 Å². The average molecular weight is 378 g/mol. The largest absolute Gasteiger partial charge is 0.277 e. The van der Waals surface area contributed by atoms with E-state index >= 15 is 0 Å². The number of benzene rings is 1. The molecule has 98 valence electrons. The number of hydrogen-bond acceptors (Lipinski definition) is 4. The molecule has 0 unspecified atom stereocenters. The van der Waals surface area contributed by atoms with E-state index in [4.69, 9.17) is 16.9 Å². The third-order valence-electron chi connectivity index (χ3n) is 2.13. The van der Waals surface area contributed by atoms with Crippen LogP contribution in [0.15, 0.2) is 39.0 Å². The molecule has 1 N–H and O–H groups in total. The number of halogens is 2. The van der Waals surface area contributed by atoms with Gasteiger partial charge in [0.25, 0.3) is 10.0 Å². The molecule has 2 aromatic rings. The lowest BCUT2D eigenvalue weighted by atomic mass is 10.3. The van der Waals surface area contributed by atoms with Crippen molar-refractivity contribution in [1.82, 2.24) is 0 Å². The van der Waals surface area contributed by atoms with Gasteiger partial charge in [-0.3, -0.25) is 4.72 Å². The fourth-order valence-corrected chi connectivity index (χ4v) is 4.25. The van der Waals surface area contributed by atoms with Crippen LogP contribution in [0, 0.1) is 11.3 Å². The first kappa shape index (κ1) is 14.3. The van der Waals surface area contributed by atoms with E-state index in [2.05, 4.69) is 20.7 Å². The molecule has 0 saturated carbocycles. The van der Waals surface area contributed by atoms with Crippen LogP contribution in [0.2, 0.25) is 5.02 Å². The predicted molar refractivity (Wildman–Crippen MR) is 79.0 cm³/mol. The molecule has 0 aliphatic rings. The highest BCUT2D eigenvalue weighted by molar-refractivity contribution is 9.10. The van der Waals surface area contributed by atoms with Crippen LogP contribution in [-0.4, -0.2) is 8.42 Å². The average Bonchev–Trinajstić information content (AvgIpc) is 2.82. The Kier molecular flexibility index (Phi) is 4.16. The summed E-state index contributed by atoms with van der Waals surface area (Å²) in [5, 5.41) is 8.99. The standard InChI is InChI=1S/C11H6BrClN2O2S2/c12-7-1-3-10(9(13)5-7)15-19(16,17)11-4-2-8(6-14)18-11/h1-5,15H. The Morgan fingerprint density at radius 1 is 1.32 bits per heavy atom. The van der Waals surface area contributed by atoms with Gasteiger partial charge in [0.2, 0.25) is 0 Å². The summed E-state index contributed by atoms with van der Waals surface area (Å²) in [6.07, 6.45) is 0. The van der Waals surface area contributed by atoms with Crippen LogP contribution >= 0.6 is 38.9 Å². The van der Waals surface area contributed by atoms with Gasteiger partial charge in [0.15, 0.2) is 0 Å². The lowest BCUT2D eigenvalue weighted by molar-refractivity contribution is 0.603. The number of hydrogen-bond donors (Lipinski definition) is 1. The van der Waals surface area contributed by atoms with E-state index in [0.29, 0.717) is 4.88 Å². The molecule has 8 heteroatoms. The minimum absolute atomic E-state index is 0.0723. The maximum Gasteiger partial charge on any atom is 0.271 e. The second-order valence-electron chi connectivity index (χ2n) is 3.46. The molecule has 0 atom stereocenters. The van der Waals surface area contributed by atoms with Crippen molar-refractivity contribution in [3.8, 4) is 6.07 Å². The summed E-state index contributed by atoms with van der Waals surface area (Å²) in [6.45, 7) is 0. The zero-order valence-corrected chi connectivity index (χ0v) is 13.2. The Morgan fingerprint density at radius 2 is 2.05 bits per heavy atom. The van der Waals surface area contributed by atoms with Crippen LogP contribution in [-0.2, 0) is 10.0 Å². The molecule has 0 amide bonds. The van der Waals surface area contributed by atoms with E-state index in [-0.39, 0.29) is 14.9 Å². The minimum atomic E-state index is -3.72. The van der Waals surface area contributed by atoms with Gasteiger partial charge >= 0.3 is 0 Å². The molecule has 4 nitrogen and oxygen atoms in total. The van der Waals surface area contributed by atoms with Gasteiger partial charge in [0.05, 0.1) is 10.7 Å². The number of nitriles is 1. The van der Waals surface area contributed by atoms with Crippen LogP contribution in [0.5, 0.6) is 0 Å². The van der Waals surface area contributed by atoms with Crippen LogP contribution in [0.25, 0.3) is 0 Å². The van der Waals surface area contributed by atoms with E-state index in [1.165, 1.54) is 12.1 Å². The highest BCUT2D eigenvalue weighted by Gasteiger charge is 2.18. The molecule has 1 heterocycles. The molecule has 0 aliphatic carbocycles. The molecule has 0 saturated heterocycles. The topological polar surface area (TPSA) is 70.0 Å². The van der Waals surface area contributed by atoms with Crippen molar-refractivity contribution >= 4 is 54.6 Å². The molecule has 0 bridgehead atoms. The third kappa shape index (κ3) is 3.28. The first-order valence-corrected chi connectivity index (χ1v) is 8.37. The number of rotatable bonds is 3.